The van der Waals surface area contributed by atoms with Crippen LogP contribution in [-0.2, 0) is 33.3 Å². The zero-order chi connectivity index (χ0) is 46.3. The van der Waals surface area contributed by atoms with Crippen molar-refractivity contribution in [1.82, 2.24) is 0 Å². The van der Waals surface area contributed by atoms with Gasteiger partial charge >= 0.3 is 17.9 Å². The van der Waals surface area contributed by atoms with E-state index in [1.54, 1.807) is 0 Å². The average Bonchev–Trinajstić information content (AvgIpc) is 3.24. The van der Waals surface area contributed by atoms with Crippen LogP contribution in [0, 0.1) is 0 Å². The second-order valence-electron chi connectivity index (χ2n) is 16.3. The van der Waals surface area contributed by atoms with Crippen LogP contribution in [0.15, 0.2) is 122 Å². The molecule has 0 aliphatic carbocycles. The molecule has 1 N–H and O–H groups in total. The molecule has 2 atom stereocenters. The molecule has 0 fully saturated rings. The molecule has 0 aliphatic rings. The van der Waals surface area contributed by atoms with E-state index in [0.717, 1.165) is 103 Å². The summed E-state index contributed by atoms with van der Waals surface area (Å²) in [6.07, 6.45) is 58.3. The number of carbonyl (C=O) groups excluding carboxylic acids is 2. The molecular formula is C54H86NO8+. The van der Waals surface area contributed by atoms with Gasteiger partial charge in [-0.05, 0) is 103 Å². The first-order valence-corrected chi connectivity index (χ1v) is 23.7. The van der Waals surface area contributed by atoms with Crippen LogP contribution < -0.4 is 0 Å². The number of esters is 2. The van der Waals surface area contributed by atoms with E-state index in [4.69, 9.17) is 18.9 Å². The van der Waals surface area contributed by atoms with E-state index in [1.807, 2.05) is 21.1 Å². The molecule has 0 aromatic heterocycles. The molecule has 2 unspecified atom stereocenters. The Hall–Kier alpha value is -4.31. The van der Waals surface area contributed by atoms with E-state index in [0.29, 0.717) is 23.9 Å². The minimum atomic E-state index is -1.53. The molecule has 0 aromatic rings. The number of quaternary nitrogens is 1. The van der Waals surface area contributed by atoms with Gasteiger partial charge in [0.05, 0.1) is 34.4 Å². The molecule has 0 aliphatic heterocycles. The summed E-state index contributed by atoms with van der Waals surface area (Å²) in [6.45, 7) is 4.53. The smallest absolute Gasteiger partial charge is 0.361 e. The van der Waals surface area contributed by atoms with Crippen LogP contribution in [-0.4, -0.2) is 87.4 Å². The SMILES string of the molecule is CC/C=C\C/C=C\C/C=C\C/C=C\C/C=C\CCCCCC(=O)OCC(COC(OCC[N+](C)(C)C)C(=O)O)OC(=O)CCCCC/C=C\C/C=C\C/C=C\C/C=C\C/C=C\CC. The summed E-state index contributed by atoms with van der Waals surface area (Å²) in [4.78, 5) is 37.2. The molecular weight excluding hydrogens is 791 g/mol. The van der Waals surface area contributed by atoms with Crippen molar-refractivity contribution in [3.8, 4) is 0 Å². The van der Waals surface area contributed by atoms with Gasteiger partial charge in [0.25, 0.3) is 6.29 Å². The van der Waals surface area contributed by atoms with Crippen LogP contribution in [0.2, 0.25) is 0 Å². The molecule has 9 nitrogen and oxygen atoms in total. The lowest BCUT2D eigenvalue weighted by molar-refractivity contribution is -0.870. The first-order valence-electron chi connectivity index (χ1n) is 23.7. The topological polar surface area (TPSA) is 108 Å². The third-order valence-corrected chi connectivity index (χ3v) is 9.21. The maximum Gasteiger partial charge on any atom is 0.361 e. The van der Waals surface area contributed by atoms with Crippen LogP contribution in [0.5, 0.6) is 0 Å². The Bertz CT molecular complexity index is 1440. The van der Waals surface area contributed by atoms with Gasteiger partial charge in [0.2, 0.25) is 0 Å². The lowest BCUT2D eigenvalue weighted by Crippen LogP contribution is -2.40. The van der Waals surface area contributed by atoms with Gasteiger partial charge in [-0.25, -0.2) is 4.79 Å². The number of nitrogens with zero attached hydrogens (tertiary/aromatic N) is 1. The molecule has 9 heteroatoms. The molecule has 354 valence electrons. The van der Waals surface area contributed by atoms with E-state index >= 15 is 0 Å². The van der Waals surface area contributed by atoms with Crippen LogP contribution in [0.25, 0.3) is 0 Å². The summed E-state index contributed by atoms with van der Waals surface area (Å²) in [5.41, 5.74) is 0. The Morgan fingerprint density at radius 3 is 1.24 bits per heavy atom. The normalized spacial score (nSPS) is 14.0. The predicted molar refractivity (Wildman–Crippen MR) is 262 cm³/mol. The van der Waals surface area contributed by atoms with Crippen molar-refractivity contribution < 1.29 is 42.9 Å². The minimum Gasteiger partial charge on any atom is -0.477 e. The molecule has 0 spiro atoms. The Morgan fingerprint density at radius 2 is 0.857 bits per heavy atom. The summed E-state index contributed by atoms with van der Waals surface area (Å²) in [5, 5.41) is 9.65. The largest absolute Gasteiger partial charge is 0.477 e. The molecule has 0 radical (unpaired) electrons. The number of carboxylic acid groups (broad SMARTS) is 1. The molecule has 0 amide bonds. The Kier molecular flexibility index (Phi) is 41.3. The maximum atomic E-state index is 12.8. The zero-order valence-corrected chi connectivity index (χ0v) is 39.9. The summed E-state index contributed by atoms with van der Waals surface area (Å²) >= 11 is 0. The molecule has 0 saturated heterocycles. The highest BCUT2D eigenvalue weighted by Gasteiger charge is 2.25. The number of aliphatic carboxylic acids is 1. The molecule has 0 aromatic carbocycles. The fraction of sp³-hybridized carbons (Fsp3) is 0.574. The summed E-state index contributed by atoms with van der Waals surface area (Å²) in [7, 11) is 5.92. The second kappa shape index (κ2) is 44.3. The molecule has 0 bridgehead atoms. The number of hydrogen-bond donors (Lipinski definition) is 1. The number of allylic oxidation sites excluding steroid dienone is 20. The molecule has 0 heterocycles. The van der Waals surface area contributed by atoms with Gasteiger partial charge in [-0.2, -0.15) is 0 Å². The molecule has 0 saturated carbocycles. The Morgan fingerprint density at radius 1 is 0.476 bits per heavy atom. The molecule has 63 heavy (non-hydrogen) atoms. The lowest BCUT2D eigenvalue weighted by atomic mass is 10.1. The van der Waals surface area contributed by atoms with Crippen molar-refractivity contribution in [3.63, 3.8) is 0 Å². The lowest BCUT2D eigenvalue weighted by Gasteiger charge is -2.25. The third kappa shape index (κ3) is 45.5. The van der Waals surface area contributed by atoms with Crippen molar-refractivity contribution >= 4 is 17.9 Å². The van der Waals surface area contributed by atoms with Gasteiger partial charge in [-0.15, -0.1) is 0 Å². The zero-order valence-electron chi connectivity index (χ0n) is 39.9. The Labute approximate surface area is 383 Å². The third-order valence-electron chi connectivity index (χ3n) is 9.21. The van der Waals surface area contributed by atoms with Crippen LogP contribution in [0.4, 0.5) is 0 Å². The summed E-state index contributed by atoms with van der Waals surface area (Å²) in [6, 6.07) is 0. The second-order valence-corrected chi connectivity index (χ2v) is 16.3. The van der Waals surface area contributed by atoms with Crippen LogP contribution >= 0.6 is 0 Å². The highest BCUT2D eigenvalue weighted by molar-refractivity contribution is 5.71. The van der Waals surface area contributed by atoms with E-state index in [9.17, 15) is 19.5 Å². The first kappa shape index (κ1) is 58.7. The van der Waals surface area contributed by atoms with Gasteiger partial charge in [0.1, 0.15) is 13.2 Å². The highest BCUT2D eigenvalue weighted by atomic mass is 16.7. The fourth-order valence-electron chi connectivity index (χ4n) is 5.59. The summed E-state index contributed by atoms with van der Waals surface area (Å²) < 4.78 is 22.7. The van der Waals surface area contributed by atoms with Crippen LogP contribution in [0.3, 0.4) is 0 Å². The average molecular weight is 877 g/mol. The van der Waals surface area contributed by atoms with Crippen molar-refractivity contribution in [2.24, 2.45) is 0 Å². The highest BCUT2D eigenvalue weighted by Crippen LogP contribution is 2.11. The minimum absolute atomic E-state index is 0.167. The van der Waals surface area contributed by atoms with Gasteiger partial charge in [-0.3, -0.25) is 9.59 Å². The molecule has 0 rings (SSSR count). The standard InChI is InChI=1S/C54H85NO8/c1-6-8-10-12-14-16-18-20-22-24-26-28-30-32-34-36-38-40-42-44-51(56)61-48-50(49-62-54(53(58)59)60-47-46-55(3,4)5)63-52(57)45-43-41-39-37-35-33-31-29-27-25-23-21-19-17-15-13-11-9-7-2/h8-11,14-17,20-23,26-29,32-35,50,54H,6-7,12-13,18-19,24-25,30-31,36-49H2,1-5H3/p+1/b10-8-,11-9-,16-14-,17-15-,22-20-,23-21-,28-26-,29-27-,34-32-,35-33-. The van der Waals surface area contributed by atoms with E-state index in [-0.39, 0.29) is 32.7 Å². The predicted octanol–water partition coefficient (Wildman–Crippen LogP) is 13.0. The van der Waals surface area contributed by atoms with Crippen molar-refractivity contribution in [3.05, 3.63) is 122 Å². The number of rotatable bonds is 41. The number of carboxylic acids is 1. The summed E-state index contributed by atoms with van der Waals surface area (Å²) in [5.74, 6) is -2.12. The number of unbranched alkanes of at least 4 members (excludes halogenated alkanes) is 6. The number of likely N-dealkylation sites (N-methyl/N-ethyl adjacent to an activating group) is 1. The first-order chi connectivity index (χ1) is 30.6. The van der Waals surface area contributed by atoms with E-state index < -0.39 is 30.3 Å². The van der Waals surface area contributed by atoms with Gasteiger partial charge in [-0.1, -0.05) is 148 Å². The van der Waals surface area contributed by atoms with Gasteiger partial charge < -0.3 is 28.5 Å². The van der Waals surface area contributed by atoms with E-state index in [2.05, 4.69) is 135 Å². The van der Waals surface area contributed by atoms with E-state index in [1.165, 1.54) is 0 Å². The van der Waals surface area contributed by atoms with Crippen molar-refractivity contribution in [2.75, 3.05) is 47.5 Å². The van der Waals surface area contributed by atoms with Crippen LogP contribution in [0.1, 0.15) is 142 Å². The van der Waals surface area contributed by atoms with Gasteiger partial charge in [0, 0.05) is 12.8 Å². The Balaban J connectivity index is 4.57. The quantitative estimate of drug-likeness (QED) is 0.0213. The van der Waals surface area contributed by atoms with Crippen molar-refractivity contribution in [2.45, 2.75) is 155 Å². The monoisotopic (exact) mass is 877 g/mol. The number of carbonyl (C=O) groups is 3. The maximum absolute atomic E-state index is 12.8. The number of hydrogen-bond acceptors (Lipinski definition) is 7. The van der Waals surface area contributed by atoms with Crippen molar-refractivity contribution in [1.29, 1.82) is 0 Å². The fourth-order valence-corrected chi connectivity index (χ4v) is 5.59. The van der Waals surface area contributed by atoms with Gasteiger partial charge in [0.15, 0.2) is 6.10 Å². The number of ether oxygens (including phenoxy) is 4.